The lowest BCUT2D eigenvalue weighted by molar-refractivity contribution is -0.119. The van der Waals surface area contributed by atoms with Gasteiger partial charge in [0.05, 0.1) is 23.4 Å². The highest BCUT2D eigenvalue weighted by molar-refractivity contribution is 7.22. The van der Waals surface area contributed by atoms with E-state index in [1.807, 2.05) is 61.6 Å². The van der Waals surface area contributed by atoms with Crippen LogP contribution in [0.15, 0.2) is 114 Å². The number of hydrogen-bond donors (Lipinski definition) is 2. The van der Waals surface area contributed by atoms with Crippen LogP contribution in [0.5, 0.6) is 0 Å². The van der Waals surface area contributed by atoms with Crippen LogP contribution in [-0.4, -0.2) is 41.3 Å². The van der Waals surface area contributed by atoms with Crippen LogP contribution < -0.4 is 16.1 Å². The van der Waals surface area contributed by atoms with E-state index in [4.69, 9.17) is 0 Å². The molecule has 7 nitrogen and oxygen atoms in total. The number of nitrogens with one attached hydrogen (secondary N) is 2. The molecule has 0 bridgehead atoms. The Bertz CT molecular complexity index is 2260. The lowest BCUT2D eigenvalue weighted by Gasteiger charge is -2.19. The van der Waals surface area contributed by atoms with Crippen LogP contribution in [0, 0.1) is 17.6 Å². The summed E-state index contributed by atoms with van der Waals surface area (Å²) in [5, 5.41) is 6.66. The van der Waals surface area contributed by atoms with E-state index in [2.05, 4.69) is 15.5 Å². The maximum atomic E-state index is 15.1. The highest BCUT2D eigenvalue weighted by Crippen LogP contribution is 2.42. The molecule has 1 amide bonds. The number of carbonyl (C=O) groups is 2. The quantitative estimate of drug-likeness (QED) is 0.137. The zero-order chi connectivity index (χ0) is 35.5. The number of para-hydroxylation sites is 1. The van der Waals surface area contributed by atoms with Crippen LogP contribution in [0.2, 0.25) is 0 Å². The fourth-order valence-corrected chi connectivity index (χ4v) is 7.99. The van der Waals surface area contributed by atoms with Gasteiger partial charge in [0.1, 0.15) is 16.5 Å². The highest BCUT2D eigenvalue weighted by Gasteiger charge is 2.28. The average Bonchev–Trinajstić information content (AvgIpc) is 3.81. The zero-order valence-corrected chi connectivity index (χ0v) is 28.8. The molecule has 1 saturated heterocycles. The highest BCUT2D eigenvalue weighted by atomic mass is 32.1. The first-order chi connectivity index (χ1) is 24.8. The smallest absolute Gasteiger partial charge is 0.228 e. The molecule has 1 atom stereocenters. The number of aromatic nitrogens is 1. The third-order valence-electron chi connectivity index (χ3n) is 9.26. The van der Waals surface area contributed by atoms with E-state index in [0.717, 1.165) is 23.4 Å². The summed E-state index contributed by atoms with van der Waals surface area (Å²) in [4.78, 5) is 45.2. The number of nitrogens with zero attached hydrogens (tertiary/aromatic N) is 2. The van der Waals surface area contributed by atoms with Crippen LogP contribution in [0.1, 0.15) is 39.0 Å². The third-order valence-corrected chi connectivity index (χ3v) is 10.6. The molecular weight excluding hydrogens is 667 g/mol. The van der Waals surface area contributed by atoms with Crippen molar-refractivity contribution in [3.05, 3.63) is 159 Å². The first kappa shape index (κ1) is 34.2. The number of thiophene rings is 1. The normalized spacial score (nSPS) is 14.3. The molecule has 2 N–H and O–H groups in total. The lowest BCUT2D eigenvalue weighted by Crippen LogP contribution is -2.25. The van der Waals surface area contributed by atoms with Crippen LogP contribution in [0.3, 0.4) is 0 Å². The monoisotopic (exact) mass is 702 g/mol. The van der Waals surface area contributed by atoms with Crippen LogP contribution >= 0.6 is 11.3 Å². The largest absolute Gasteiger partial charge is 0.334 e. The number of fused-ring (bicyclic) bond motifs is 1. The summed E-state index contributed by atoms with van der Waals surface area (Å²) in [6.07, 6.45) is 2.15. The number of benzene rings is 4. The summed E-state index contributed by atoms with van der Waals surface area (Å²) in [7, 11) is 1.95. The summed E-state index contributed by atoms with van der Waals surface area (Å²) in [6, 6.07) is 29.6. The molecule has 10 heteroatoms. The minimum absolute atomic E-state index is 0.0957. The predicted molar refractivity (Wildman–Crippen MR) is 198 cm³/mol. The van der Waals surface area contributed by atoms with Crippen molar-refractivity contribution >= 4 is 38.9 Å². The third kappa shape index (κ3) is 7.16. The number of rotatable bonds is 11. The molecule has 7 rings (SSSR count). The molecule has 51 heavy (non-hydrogen) atoms. The van der Waals surface area contributed by atoms with E-state index in [1.54, 1.807) is 34.9 Å². The van der Waals surface area contributed by atoms with E-state index in [1.165, 1.54) is 35.7 Å². The first-order valence-corrected chi connectivity index (χ1v) is 17.6. The van der Waals surface area contributed by atoms with Crippen molar-refractivity contribution in [2.75, 3.05) is 25.5 Å². The van der Waals surface area contributed by atoms with E-state index in [-0.39, 0.29) is 29.5 Å². The van der Waals surface area contributed by atoms with Gasteiger partial charge in [-0.25, -0.2) is 8.78 Å². The molecule has 258 valence electrons. The minimum Gasteiger partial charge on any atom is -0.334 e. The second-order valence-electron chi connectivity index (χ2n) is 12.9. The van der Waals surface area contributed by atoms with Crippen molar-refractivity contribution in [3.63, 3.8) is 0 Å². The second kappa shape index (κ2) is 14.9. The lowest BCUT2D eigenvalue weighted by atomic mass is 9.99. The number of hydrogen-bond acceptors (Lipinski definition) is 6. The summed E-state index contributed by atoms with van der Waals surface area (Å²) >= 11 is 1.30. The molecule has 2 aromatic heterocycles. The van der Waals surface area contributed by atoms with Gasteiger partial charge in [-0.1, -0.05) is 84.9 Å². The van der Waals surface area contributed by atoms with Crippen LogP contribution in [0.25, 0.3) is 20.7 Å². The van der Waals surface area contributed by atoms with Crippen molar-refractivity contribution in [3.8, 4) is 10.4 Å². The molecule has 1 aliphatic heterocycles. The minimum atomic E-state index is -0.730. The number of halogens is 2. The van der Waals surface area contributed by atoms with E-state index in [9.17, 15) is 14.4 Å². The Balaban J connectivity index is 1.45. The summed E-state index contributed by atoms with van der Waals surface area (Å²) < 4.78 is 31.9. The van der Waals surface area contributed by atoms with Crippen molar-refractivity contribution in [1.29, 1.82) is 0 Å². The van der Waals surface area contributed by atoms with Gasteiger partial charge in [0.15, 0.2) is 5.78 Å². The molecule has 1 aliphatic rings. The fraction of sp³-hybridized carbons (Fsp3) is 0.195. The summed E-state index contributed by atoms with van der Waals surface area (Å²) in [5.74, 6) is -2.21. The molecule has 6 aromatic rings. The van der Waals surface area contributed by atoms with Gasteiger partial charge < -0.3 is 15.2 Å². The number of pyridine rings is 1. The molecule has 4 aromatic carbocycles. The molecule has 0 saturated carbocycles. The van der Waals surface area contributed by atoms with Gasteiger partial charge in [-0.15, -0.1) is 11.3 Å². The van der Waals surface area contributed by atoms with Gasteiger partial charge in [-0.2, -0.15) is 0 Å². The van der Waals surface area contributed by atoms with Gasteiger partial charge in [0.2, 0.25) is 11.3 Å². The predicted octanol–water partition coefficient (Wildman–Crippen LogP) is 7.47. The van der Waals surface area contributed by atoms with E-state index in [0.29, 0.717) is 52.2 Å². The molecule has 3 heterocycles. The topological polar surface area (TPSA) is 83.4 Å². The Morgan fingerprint density at radius 3 is 2.27 bits per heavy atom. The Morgan fingerprint density at radius 1 is 0.882 bits per heavy atom. The van der Waals surface area contributed by atoms with Gasteiger partial charge in [0.25, 0.3) is 0 Å². The Labute approximate surface area is 298 Å². The van der Waals surface area contributed by atoms with Gasteiger partial charge in [-0.3, -0.25) is 19.3 Å². The molecule has 1 fully saturated rings. The molecule has 1 unspecified atom stereocenters. The van der Waals surface area contributed by atoms with Gasteiger partial charge in [0, 0.05) is 53.1 Å². The van der Waals surface area contributed by atoms with Crippen LogP contribution in [-0.2, 0) is 24.4 Å². The fourth-order valence-electron chi connectivity index (χ4n) is 6.67. The standard InChI is InChI=1S/C41H36F2N4O3S/c1-46(22-26-11-4-2-5-12-26)23-31-36-38(49)32(37(48)27-13-6-3-7-14-27)25-47(24-30-33(42)16-10-17-34(30)43)41(36)51-39(31)29-15-8-9-18-35(29)45-40(50)28-19-20-44-21-28/h2-18,25,28,44H,19-24H2,1H3,(H,45,50). The van der Waals surface area contributed by atoms with E-state index >= 15 is 8.78 Å². The summed E-state index contributed by atoms with van der Waals surface area (Å²) in [6.45, 7) is 1.99. The number of amides is 1. The SMILES string of the molecule is CN(Cc1ccccc1)Cc1c(-c2ccccc2NC(=O)C2CCNC2)sc2c1c(=O)c(C(=O)c1ccccc1)cn2Cc1c(F)cccc1F. The Hall–Kier alpha value is -5.29. The maximum Gasteiger partial charge on any atom is 0.228 e. The molecule has 0 aliphatic carbocycles. The molecule has 0 radical (unpaired) electrons. The van der Waals surface area contributed by atoms with Crippen LogP contribution in [0.4, 0.5) is 14.5 Å². The number of anilines is 1. The number of carbonyl (C=O) groups excluding carboxylic acids is 2. The van der Waals surface area contributed by atoms with Gasteiger partial charge >= 0.3 is 0 Å². The summed E-state index contributed by atoms with van der Waals surface area (Å²) in [5.41, 5.74) is 2.61. The van der Waals surface area contributed by atoms with Crippen molar-refractivity contribution < 1.29 is 18.4 Å². The van der Waals surface area contributed by atoms with Crippen molar-refractivity contribution in [1.82, 2.24) is 14.8 Å². The number of ketones is 1. The first-order valence-electron chi connectivity index (χ1n) is 16.8. The van der Waals surface area contributed by atoms with E-state index < -0.39 is 22.8 Å². The Kier molecular flexibility index (Phi) is 9.99. The van der Waals surface area contributed by atoms with Gasteiger partial charge in [-0.05, 0) is 49.3 Å². The zero-order valence-electron chi connectivity index (χ0n) is 28.0. The average molecular weight is 703 g/mol. The maximum absolute atomic E-state index is 15.1. The Morgan fingerprint density at radius 2 is 1.57 bits per heavy atom. The second-order valence-corrected chi connectivity index (χ2v) is 13.9. The van der Waals surface area contributed by atoms with Crippen molar-refractivity contribution in [2.24, 2.45) is 5.92 Å². The van der Waals surface area contributed by atoms with Crippen molar-refractivity contribution in [2.45, 2.75) is 26.1 Å². The molecular formula is C41H36F2N4O3S. The molecule has 0 spiro atoms.